The number of carbonyl (C=O) groups is 3. The molecule has 1 aliphatic heterocycles. The first kappa shape index (κ1) is 25.0. The lowest BCUT2D eigenvalue weighted by molar-refractivity contribution is -0.137. The number of carboxylic acid groups (broad SMARTS) is 2. The van der Waals surface area contributed by atoms with Crippen molar-refractivity contribution >= 4 is 23.5 Å². The third-order valence-electron chi connectivity index (χ3n) is 4.08. The fourth-order valence-electron chi connectivity index (χ4n) is 2.64. The molecule has 0 atom stereocenters. The number of piperazine rings is 1. The maximum atomic E-state index is 12.7. The van der Waals surface area contributed by atoms with E-state index < -0.39 is 23.7 Å². The number of anilines is 1. The second kappa shape index (κ2) is 11.8. The quantitative estimate of drug-likeness (QED) is 0.588. The fourth-order valence-corrected chi connectivity index (χ4v) is 2.64. The normalized spacial score (nSPS) is 14.7. The summed E-state index contributed by atoms with van der Waals surface area (Å²) in [6.45, 7) is 5.74. The molecule has 0 saturated carbocycles. The number of hydrogen-bond donors (Lipinski definition) is 3. The van der Waals surface area contributed by atoms with Crippen LogP contribution in [0.25, 0.3) is 0 Å². The maximum Gasteiger partial charge on any atom is 0.416 e. The molecule has 0 aliphatic carbocycles. The molecule has 0 aromatic heterocycles. The average molecular weight is 431 g/mol. The zero-order chi connectivity index (χ0) is 22.7. The highest BCUT2D eigenvalue weighted by atomic mass is 19.4. The van der Waals surface area contributed by atoms with Crippen molar-refractivity contribution in [3.63, 3.8) is 0 Å². The van der Waals surface area contributed by atoms with E-state index in [0.29, 0.717) is 37.5 Å². The minimum atomic E-state index is -4.31. The van der Waals surface area contributed by atoms with E-state index in [9.17, 15) is 27.6 Å². The Morgan fingerprint density at radius 2 is 1.63 bits per heavy atom. The summed E-state index contributed by atoms with van der Waals surface area (Å²) in [4.78, 5) is 34.1. The summed E-state index contributed by atoms with van der Waals surface area (Å²) in [7, 11) is 0. The maximum absolute atomic E-state index is 12.7. The molecule has 1 aromatic carbocycles. The van der Waals surface area contributed by atoms with Gasteiger partial charge in [0, 0.05) is 64.0 Å². The number of carbonyl (C=O) groups excluding carboxylic acids is 1. The standard InChI is InChI=1S/C15H20F3N3O.C4H4O4/c1-12(22)19-5-6-20-7-9-21(10-8-20)14-4-2-3-13(11-14)15(16,17)18;5-3(6)1-2-4(7)8/h2-4,11H,5-10H2,1H3,(H,19,22);1-2H,(H,5,6)(H,7,8)/b;2-1+. The average Bonchev–Trinajstić information content (AvgIpc) is 2.67. The molecule has 2 rings (SSSR count). The van der Waals surface area contributed by atoms with Gasteiger partial charge in [-0.15, -0.1) is 0 Å². The predicted octanol–water partition coefficient (Wildman–Crippen LogP) is 1.68. The zero-order valence-corrected chi connectivity index (χ0v) is 16.4. The molecule has 3 N–H and O–H groups in total. The van der Waals surface area contributed by atoms with E-state index in [1.54, 1.807) is 6.07 Å². The van der Waals surface area contributed by atoms with Crippen molar-refractivity contribution in [2.75, 3.05) is 44.2 Å². The Morgan fingerprint density at radius 3 is 2.10 bits per heavy atom. The fraction of sp³-hybridized carbons (Fsp3) is 0.421. The number of carboxylic acids is 2. The Balaban J connectivity index is 0.000000479. The van der Waals surface area contributed by atoms with Crippen molar-refractivity contribution in [3.8, 4) is 0 Å². The minimum absolute atomic E-state index is 0.0531. The molecule has 8 nitrogen and oxygen atoms in total. The summed E-state index contributed by atoms with van der Waals surface area (Å²) in [5, 5.41) is 18.4. The third kappa shape index (κ3) is 9.92. The van der Waals surface area contributed by atoms with Gasteiger partial charge in [0.25, 0.3) is 0 Å². The number of halogens is 3. The number of benzene rings is 1. The molecule has 30 heavy (non-hydrogen) atoms. The van der Waals surface area contributed by atoms with Crippen LogP contribution in [0.1, 0.15) is 12.5 Å². The first-order chi connectivity index (χ1) is 14.0. The summed E-state index contributed by atoms with van der Waals surface area (Å²) in [5.74, 6) is -2.57. The number of amides is 1. The van der Waals surface area contributed by atoms with Crippen LogP contribution in [-0.4, -0.2) is 72.2 Å². The highest BCUT2D eigenvalue weighted by Crippen LogP contribution is 2.31. The molecule has 0 bridgehead atoms. The number of rotatable bonds is 6. The second-order valence-electron chi connectivity index (χ2n) is 6.37. The molecule has 1 saturated heterocycles. The van der Waals surface area contributed by atoms with Gasteiger partial charge < -0.3 is 20.4 Å². The van der Waals surface area contributed by atoms with Crippen LogP contribution < -0.4 is 10.2 Å². The number of aliphatic carboxylic acids is 2. The SMILES string of the molecule is CC(=O)NCCN1CCN(c2cccc(C(F)(F)F)c2)CC1.O=C(O)/C=C/C(=O)O. The van der Waals surface area contributed by atoms with E-state index in [2.05, 4.69) is 10.2 Å². The van der Waals surface area contributed by atoms with Crippen LogP contribution in [0.3, 0.4) is 0 Å². The molecule has 0 radical (unpaired) electrons. The van der Waals surface area contributed by atoms with Crippen LogP contribution in [0.5, 0.6) is 0 Å². The van der Waals surface area contributed by atoms with E-state index in [1.165, 1.54) is 19.1 Å². The van der Waals surface area contributed by atoms with Crippen LogP contribution in [-0.2, 0) is 20.6 Å². The van der Waals surface area contributed by atoms with Gasteiger partial charge in [-0.3, -0.25) is 9.69 Å². The third-order valence-corrected chi connectivity index (χ3v) is 4.08. The van der Waals surface area contributed by atoms with Crippen molar-refractivity contribution in [3.05, 3.63) is 42.0 Å². The van der Waals surface area contributed by atoms with Crippen molar-refractivity contribution in [1.29, 1.82) is 0 Å². The number of nitrogens with zero attached hydrogens (tertiary/aromatic N) is 2. The molecular weight excluding hydrogens is 407 g/mol. The largest absolute Gasteiger partial charge is 0.478 e. The highest BCUT2D eigenvalue weighted by Gasteiger charge is 2.31. The van der Waals surface area contributed by atoms with Crippen molar-refractivity contribution in [1.82, 2.24) is 10.2 Å². The molecule has 1 amide bonds. The lowest BCUT2D eigenvalue weighted by Gasteiger charge is -2.36. The molecular formula is C19H24F3N3O5. The smallest absolute Gasteiger partial charge is 0.416 e. The predicted molar refractivity (Wildman–Crippen MR) is 103 cm³/mol. The topological polar surface area (TPSA) is 110 Å². The lowest BCUT2D eigenvalue weighted by atomic mass is 10.1. The molecule has 0 unspecified atom stereocenters. The van der Waals surface area contributed by atoms with Crippen LogP contribution in [0.15, 0.2) is 36.4 Å². The van der Waals surface area contributed by atoms with Crippen LogP contribution in [0, 0.1) is 0 Å². The van der Waals surface area contributed by atoms with Gasteiger partial charge in [0.1, 0.15) is 0 Å². The Kier molecular flexibility index (Phi) is 9.82. The van der Waals surface area contributed by atoms with Gasteiger partial charge in [0.05, 0.1) is 5.56 Å². The Hall–Kier alpha value is -3.08. The summed E-state index contributed by atoms with van der Waals surface area (Å²) < 4.78 is 38.2. The summed E-state index contributed by atoms with van der Waals surface area (Å²) in [6.07, 6.45) is -3.19. The molecule has 1 aliphatic rings. The van der Waals surface area contributed by atoms with Crippen molar-refractivity contribution < 1.29 is 37.8 Å². The second-order valence-corrected chi connectivity index (χ2v) is 6.37. The monoisotopic (exact) mass is 431 g/mol. The Bertz CT molecular complexity index is 744. The Labute approximate surface area is 171 Å². The van der Waals surface area contributed by atoms with Crippen molar-refractivity contribution in [2.45, 2.75) is 13.1 Å². The highest BCUT2D eigenvalue weighted by molar-refractivity contribution is 5.89. The van der Waals surface area contributed by atoms with Gasteiger partial charge in [0.2, 0.25) is 5.91 Å². The summed E-state index contributed by atoms with van der Waals surface area (Å²) >= 11 is 0. The van der Waals surface area contributed by atoms with Crippen LogP contribution in [0.2, 0.25) is 0 Å². The molecule has 1 heterocycles. The van der Waals surface area contributed by atoms with Crippen molar-refractivity contribution in [2.24, 2.45) is 0 Å². The van der Waals surface area contributed by atoms with Gasteiger partial charge >= 0.3 is 18.1 Å². The van der Waals surface area contributed by atoms with Gasteiger partial charge in [0.15, 0.2) is 0 Å². The van der Waals surface area contributed by atoms with E-state index in [1.807, 2.05) is 4.90 Å². The molecule has 0 spiro atoms. The summed E-state index contributed by atoms with van der Waals surface area (Å²) in [5.41, 5.74) is -0.00516. The number of alkyl halides is 3. The van der Waals surface area contributed by atoms with Gasteiger partial charge in [-0.1, -0.05) is 6.07 Å². The van der Waals surface area contributed by atoms with E-state index in [4.69, 9.17) is 10.2 Å². The van der Waals surface area contributed by atoms with Crippen LogP contribution in [0.4, 0.5) is 18.9 Å². The van der Waals surface area contributed by atoms with Crippen LogP contribution >= 0.6 is 0 Å². The zero-order valence-electron chi connectivity index (χ0n) is 16.4. The van der Waals surface area contributed by atoms with Gasteiger partial charge in [-0.2, -0.15) is 13.2 Å². The molecule has 1 aromatic rings. The number of nitrogens with one attached hydrogen (secondary N) is 1. The minimum Gasteiger partial charge on any atom is -0.478 e. The van der Waals surface area contributed by atoms with Gasteiger partial charge in [-0.25, -0.2) is 9.59 Å². The lowest BCUT2D eigenvalue weighted by Crippen LogP contribution is -2.48. The first-order valence-corrected chi connectivity index (χ1v) is 9.02. The van der Waals surface area contributed by atoms with E-state index in [-0.39, 0.29) is 5.91 Å². The molecule has 166 valence electrons. The first-order valence-electron chi connectivity index (χ1n) is 9.02. The molecule has 1 fully saturated rings. The van der Waals surface area contributed by atoms with E-state index in [0.717, 1.165) is 25.7 Å². The Morgan fingerprint density at radius 1 is 1.07 bits per heavy atom. The molecule has 11 heteroatoms. The number of hydrogen-bond acceptors (Lipinski definition) is 5. The van der Waals surface area contributed by atoms with Gasteiger partial charge in [-0.05, 0) is 18.2 Å². The van der Waals surface area contributed by atoms with E-state index >= 15 is 0 Å². The summed E-state index contributed by atoms with van der Waals surface area (Å²) in [6, 6.07) is 5.45.